The second-order valence-electron chi connectivity index (χ2n) is 5.17. The number of benzene rings is 1. The third kappa shape index (κ3) is 3.47. The van der Waals surface area contributed by atoms with E-state index in [1.165, 1.54) is 30.6 Å². The minimum Gasteiger partial charge on any atom is -0.385 e. The van der Waals surface area contributed by atoms with E-state index in [0.29, 0.717) is 5.92 Å². The fraction of sp³-hybridized carbons (Fsp3) is 0.600. The number of anilines is 1. The fourth-order valence-corrected chi connectivity index (χ4v) is 2.32. The van der Waals surface area contributed by atoms with Crippen LogP contribution in [0.15, 0.2) is 24.3 Å². The van der Waals surface area contributed by atoms with Crippen LogP contribution in [0.1, 0.15) is 38.2 Å². The summed E-state index contributed by atoms with van der Waals surface area (Å²) in [5.41, 5.74) is 2.70. The maximum absolute atomic E-state index is 3.53. The molecule has 2 rings (SSSR count). The molecule has 0 amide bonds. The Labute approximate surface area is 105 Å². The summed E-state index contributed by atoms with van der Waals surface area (Å²) in [6.07, 6.45) is 2.51. The molecular formula is C15H24N2. The monoisotopic (exact) mass is 232 g/mol. The molecule has 0 bridgehead atoms. The Morgan fingerprint density at radius 2 is 2.12 bits per heavy atom. The first-order valence-electron chi connectivity index (χ1n) is 6.84. The van der Waals surface area contributed by atoms with Gasteiger partial charge in [0.2, 0.25) is 0 Å². The standard InChI is InChI=1S/C15H24N2/c1-3-12(2)14-4-6-15(7-5-14)17-11-13-8-9-16-10-13/h4-7,12-13,16-17H,3,8-11H2,1-2H3. The SMILES string of the molecule is CCC(C)c1ccc(NCC2CCNC2)cc1. The minimum absolute atomic E-state index is 0.670. The zero-order chi connectivity index (χ0) is 12.1. The highest BCUT2D eigenvalue weighted by molar-refractivity contribution is 5.45. The molecule has 0 aromatic heterocycles. The molecule has 17 heavy (non-hydrogen) atoms. The number of rotatable bonds is 5. The lowest BCUT2D eigenvalue weighted by atomic mass is 9.98. The van der Waals surface area contributed by atoms with Crippen molar-refractivity contribution in [1.29, 1.82) is 0 Å². The maximum atomic E-state index is 3.53. The van der Waals surface area contributed by atoms with Crippen LogP contribution in [0.3, 0.4) is 0 Å². The molecule has 2 nitrogen and oxygen atoms in total. The average molecular weight is 232 g/mol. The lowest BCUT2D eigenvalue weighted by molar-refractivity contribution is 0.615. The van der Waals surface area contributed by atoms with Crippen molar-refractivity contribution in [3.63, 3.8) is 0 Å². The van der Waals surface area contributed by atoms with Gasteiger partial charge >= 0.3 is 0 Å². The molecule has 2 N–H and O–H groups in total. The van der Waals surface area contributed by atoms with Crippen molar-refractivity contribution in [3.8, 4) is 0 Å². The molecule has 1 aromatic carbocycles. The van der Waals surface area contributed by atoms with E-state index in [1.807, 2.05) is 0 Å². The summed E-state index contributed by atoms with van der Waals surface area (Å²) in [6.45, 7) is 7.96. The highest BCUT2D eigenvalue weighted by atomic mass is 14.9. The molecule has 1 aliphatic heterocycles. The van der Waals surface area contributed by atoms with Crippen LogP contribution in [0.5, 0.6) is 0 Å². The van der Waals surface area contributed by atoms with Crippen LogP contribution in [0.25, 0.3) is 0 Å². The molecule has 0 saturated carbocycles. The highest BCUT2D eigenvalue weighted by Gasteiger charge is 2.13. The van der Waals surface area contributed by atoms with Gasteiger partial charge in [0, 0.05) is 12.2 Å². The first kappa shape index (κ1) is 12.4. The van der Waals surface area contributed by atoms with Crippen molar-refractivity contribution >= 4 is 5.69 Å². The van der Waals surface area contributed by atoms with Gasteiger partial charge in [0.05, 0.1) is 0 Å². The summed E-state index contributed by atoms with van der Waals surface area (Å²) in [5, 5.41) is 6.93. The Balaban J connectivity index is 1.84. The summed E-state index contributed by atoms with van der Waals surface area (Å²) in [7, 11) is 0. The highest BCUT2D eigenvalue weighted by Crippen LogP contribution is 2.20. The van der Waals surface area contributed by atoms with E-state index in [4.69, 9.17) is 0 Å². The van der Waals surface area contributed by atoms with Gasteiger partial charge in [-0.25, -0.2) is 0 Å². The molecule has 0 aliphatic carbocycles. The summed E-state index contributed by atoms with van der Waals surface area (Å²) in [6, 6.07) is 8.93. The second-order valence-corrected chi connectivity index (χ2v) is 5.17. The molecule has 2 atom stereocenters. The zero-order valence-corrected chi connectivity index (χ0v) is 11.0. The van der Waals surface area contributed by atoms with Crippen LogP contribution in [0, 0.1) is 5.92 Å². The van der Waals surface area contributed by atoms with Gasteiger partial charge in [-0.1, -0.05) is 26.0 Å². The van der Waals surface area contributed by atoms with Gasteiger partial charge in [-0.2, -0.15) is 0 Å². The Kier molecular flexibility index (Phi) is 4.43. The fourth-order valence-electron chi connectivity index (χ4n) is 2.32. The van der Waals surface area contributed by atoms with Gasteiger partial charge in [-0.15, -0.1) is 0 Å². The Bertz CT molecular complexity index is 325. The molecule has 2 unspecified atom stereocenters. The van der Waals surface area contributed by atoms with Crippen molar-refractivity contribution in [2.75, 3.05) is 25.0 Å². The van der Waals surface area contributed by atoms with Crippen LogP contribution in [0.4, 0.5) is 5.69 Å². The maximum Gasteiger partial charge on any atom is 0.0340 e. The third-order valence-corrected chi connectivity index (χ3v) is 3.85. The molecule has 0 radical (unpaired) electrons. The number of hydrogen-bond donors (Lipinski definition) is 2. The Hall–Kier alpha value is -1.02. The summed E-state index contributed by atoms with van der Waals surface area (Å²) in [4.78, 5) is 0. The Morgan fingerprint density at radius 3 is 2.71 bits per heavy atom. The van der Waals surface area contributed by atoms with E-state index < -0.39 is 0 Å². The predicted octanol–water partition coefficient (Wildman–Crippen LogP) is 3.22. The van der Waals surface area contributed by atoms with Crippen molar-refractivity contribution in [1.82, 2.24) is 5.32 Å². The van der Waals surface area contributed by atoms with Crippen LogP contribution in [-0.4, -0.2) is 19.6 Å². The van der Waals surface area contributed by atoms with Gasteiger partial charge in [-0.05, 0) is 55.5 Å². The number of hydrogen-bond acceptors (Lipinski definition) is 2. The molecular weight excluding hydrogens is 208 g/mol. The van der Waals surface area contributed by atoms with E-state index >= 15 is 0 Å². The van der Waals surface area contributed by atoms with Gasteiger partial charge in [0.15, 0.2) is 0 Å². The Morgan fingerprint density at radius 1 is 1.35 bits per heavy atom. The first-order chi connectivity index (χ1) is 8.29. The molecule has 1 aliphatic rings. The van der Waals surface area contributed by atoms with Gasteiger partial charge in [0.1, 0.15) is 0 Å². The van der Waals surface area contributed by atoms with Crippen LogP contribution < -0.4 is 10.6 Å². The first-order valence-corrected chi connectivity index (χ1v) is 6.84. The van der Waals surface area contributed by atoms with E-state index in [2.05, 4.69) is 48.7 Å². The quantitative estimate of drug-likeness (QED) is 0.814. The summed E-state index contributed by atoms with van der Waals surface area (Å²) >= 11 is 0. The van der Waals surface area contributed by atoms with Crippen molar-refractivity contribution in [2.24, 2.45) is 5.92 Å². The molecule has 1 heterocycles. The predicted molar refractivity (Wildman–Crippen MR) is 74.6 cm³/mol. The van der Waals surface area contributed by atoms with Crippen LogP contribution in [-0.2, 0) is 0 Å². The van der Waals surface area contributed by atoms with Crippen LogP contribution >= 0.6 is 0 Å². The van der Waals surface area contributed by atoms with Gasteiger partial charge in [0.25, 0.3) is 0 Å². The van der Waals surface area contributed by atoms with E-state index in [0.717, 1.165) is 19.0 Å². The minimum atomic E-state index is 0.670. The zero-order valence-electron chi connectivity index (χ0n) is 11.0. The van der Waals surface area contributed by atoms with E-state index in [1.54, 1.807) is 0 Å². The van der Waals surface area contributed by atoms with Crippen molar-refractivity contribution in [3.05, 3.63) is 29.8 Å². The van der Waals surface area contributed by atoms with E-state index in [-0.39, 0.29) is 0 Å². The van der Waals surface area contributed by atoms with Gasteiger partial charge < -0.3 is 10.6 Å². The summed E-state index contributed by atoms with van der Waals surface area (Å²) in [5.74, 6) is 1.47. The molecule has 0 spiro atoms. The topological polar surface area (TPSA) is 24.1 Å². The lowest BCUT2D eigenvalue weighted by Gasteiger charge is -2.13. The molecule has 1 saturated heterocycles. The molecule has 1 fully saturated rings. The van der Waals surface area contributed by atoms with Crippen molar-refractivity contribution < 1.29 is 0 Å². The smallest absolute Gasteiger partial charge is 0.0340 e. The largest absolute Gasteiger partial charge is 0.385 e. The van der Waals surface area contributed by atoms with E-state index in [9.17, 15) is 0 Å². The van der Waals surface area contributed by atoms with Gasteiger partial charge in [-0.3, -0.25) is 0 Å². The lowest BCUT2D eigenvalue weighted by Crippen LogP contribution is -2.17. The van der Waals surface area contributed by atoms with Crippen molar-refractivity contribution in [2.45, 2.75) is 32.6 Å². The second kappa shape index (κ2) is 6.06. The molecule has 94 valence electrons. The molecule has 1 aromatic rings. The summed E-state index contributed by atoms with van der Waals surface area (Å²) < 4.78 is 0. The van der Waals surface area contributed by atoms with Crippen LogP contribution in [0.2, 0.25) is 0 Å². The molecule has 2 heteroatoms. The average Bonchev–Trinajstić information content (AvgIpc) is 2.89. The third-order valence-electron chi connectivity index (χ3n) is 3.85. The number of nitrogens with one attached hydrogen (secondary N) is 2. The normalized spacial score (nSPS) is 21.4.